The Balaban J connectivity index is 2.27. The Bertz CT molecular complexity index is 330. The van der Waals surface area contributed by atoms with E-state index in [0.717, 1.165) is 0 Å². The molecule has 0 saturated heterocycles. The minimum Gasteiger partial charge on any atom is -0.449 e. The van der Waals surface area contributed by atoms with Gasteiger partial charge in [0.25, 0.3) is 0 Å². The van der Waals surface area contributed by atoms with Crippen LogP contribution in [0.2, 0.25) is 0 Å². The average molecular weight is 223 g/mol. The molecule has 1 rings (SSSR count). The van der Waals surface area contributed by atoms with Crippen molar-refractivity contribution in [2.24, 2.45) is 0 Å². The number of carbonyl (C=O) groups is 1. The molecule has 1 amide bonds. The summed E-state index contributed by atoms with van der Waals surface area (Å²) in [5.74, 6) is 0. The van der Waals surface area contributed by atoms with Crippen molar-refractivity contribution in [1.29, 1.82) is 0 Å². The van der Waals surface area contributed by atoms with E-state index in [1.807, 2.05) is 18.2 Å². The highest BCUT2D eigenvalue weighted by molar-refractivity contribution is 5.84. The van der Waals surface area contributed by atoms with E-state index < -0.39 is 11.7 Å². The minimum absolute atomic E-state index is 0.197. The van der Waals surface area contributed by atoms with Gasteiger partial charge in [0.2, 0.25) is 0 Å². The quantitative estimate of drug-likeness (QED) is 0.824. The molecule has 1 aromatic rings. The summed E-state index contributed by atoms with van der Waals surface area (Å²) in [4.78, 5) is 11.3. The van der Waals surface area contributed by atoms with Crippen LogP contribution < -0.4 is 5.32 Å². The topological polar surface area (TPSA) is 58.6 Å². The highest BCUT2D eigenvalue weighted by Crippen LogP contribution is 2.08. The fourth-order valence-corrected chi connectivity index (χ4v) is 1.07. The zero-order valence-electron chi connectivity index (χ0n) is 9.56. The first kappa shape index (κ1) is 12.5. The first-order valence-electron chi connectivity index (χ1n) is 5.18. The van der Waals surface area contributed by atoms with Crippen molar-refractivity contribution >= 4 is 11.8 Å². The molecule has 0 atom stereocenters. The van der Waals surface area contributed by atoms with Gasteiger partial charge in [-0.05, 0) is 26.0 Å². The van der Waals surface area contributed by atoms with Gasteiger partial charge in [-0.1, -0.05) is 18.2 Å². The van der Waals surface area contributed by atoms with Crippen LogP contribution >= 0.6 is 0 Å². The Morgan fingerprint density at radius 1 is 1.38 bits per heavy atom. The van der Waals surface area contributed by atoms with Crippen molar-refractivity contribution < 1.29 is 14.6 Å². The van der Waals surface area contributed by atoms with Crippen molar-refractivity contribution in [2.75, 3.05) is 11.9 Å². The minimum atomic E-state index is -0.812. The summed E-state index contributed by atoms with van der Waals surface area (Å²) < 4.78 is 4.91. The molecule has 4 heteroatoms. The van der Waals surface area contributed by atoms with Crippen LogP contribution in [-0.2, 0) is 4.74 Å². The standard InChI is InChI=1S/C12H17NO3/c1-12(2,15)8-9-16-11(14)13-10-6-4-3-5-7-10/h3-7,15H,8-9H2,1-2H3,(H,13,14). The van der Waals surface area contributed by atoms with Crippen molar-refractivity contribution in [3.63, 3.8) is 0 Å². The maximum absolute atomic E-state index is 11.3. The largest absolute Gasteiger partial charge is 0.449 e. The molecule has 0 aliphatic heterocycles. The zero-order chi connectivity index (χ0) is 12.0. The summed E-state index contributed by atoms with van der Waals surface area (Å²) in [5.41, 5.74) is -0.122. The summed E-state index contributed by atoms with van der Waals surface area (Å²) in [6, 6.07) is 9.07. The van der Waals surface area contributed by atoms with Crippen LogP contribution in [0.1, 0.15) is 20.3 Å². The molecule has 0 radical (unpaired) electrons. The van der Waals surface area contributed by atoms with Crippen LogP contribution in [-0.4, -0.2) is 23.4 Å². The third-order valence-corrected chi connectivity index (χ3v) is 1.97. The van der Waals surface area contributed by atoms with E-state index in [1.54, 1.807) is 26.0 Å². The lowest BCUT2D eigenvalue weighted by molar-refractivity contribution is 0.0469. The lowest BCUT2D eigenvalue weighted by Crippen LogP contribution is -2.23. The number of para-hydroxylation sites is 1. The van der Waals surface area contributed by atoms with Gasteiger partial charge >= 0.3 is 6.09 Å². The Labute approximate surface area is 95.2 Å². The Kier molecular flexibility index (Phi) is 4.31. The maximum atomic E-state index is 11.3. The summed E-state index contributed by atoms with van der Waals surface area (Å²) in [6.07, 6.45) is -0.0923. The number of hydrogen-bond acceptors (Lipinski definition) is 3. The number of amides is 1. The molecule has 0 aliphatic rings. The number of ether oxygens (including phenoxy) is 1. The van der Waals surface area contributed by atoms with Crippen LogP contribution in [0.3, 0.4) is 0 Å². The average Bonchev–Trinajstić information content (AvgIpc) is 2.17. The summed E-state index contributed by atoms with van der Waals surface area (Å²) in [7, 11) is 0. The molecule has 0 heterocycles. The molecule has 0 aromatic heterocycles. The van der Waals surface area contributed by atoms with Gasteiger partial charge in [0.15, 0.2) is 0 Å². The molecule has 0 aliphatic carbocycles. The Morgan fingerprint density at radius 2 is 2.00 bits per heavy atom. The smallest absolute Gasteiger partial charge is 0.411 e. The second-order valence-electron chi connectivity index (χ2n) is 4.19. The van der Waals surface area contributed by atoms with Gasteiger partial charge in [-0.25, -0.2) is 4.79 Å². The van der Waals surface area contributed by atoms with Gasteiger partial charge in [0.1, 0.15) is 0 Å². The normalized spacial score (nSPS) is 10.9. The van der Waals surface area contributed by atoms with Crippen LogP contribution in [0.25, 0.3) is 0 Å². The zero-order valence-corrected chi connectivity index (χ0v) is 9.56. The highest BCUT2D eigenvalue weighted by atomic mass is 16.5. The molecule has 0 bridgehead atoms. The molecule has 16 heavy (non-hydrogen) atoms. The lowest BCUT2D eigenvalue weighted by atomic mass is 10.1. The highest BCUT2D eigenvalue weighted by Gasteiger charge is 2.13. The van der Waals surface area contributed by atoms with E-state index >= 15 is 0 Å². The van der Waals surface area contributed by atoms with Crippen molar-refractivity contribution in [3.8, 4) is 0 Å². The molecule has 0 fully saturated rings. The number of benzene rings is 1. The van der Waals surface area contributed by atoms with Crippen LogP contribution in [0.5, 0.6) is 0 Å². The predicted molar refractivity (Wildman–Crippen MR) is 62.3 cm³/mol. The number of aliphatic hydroxyl groups is 1. The first-order valence-corrected chi connectivity index (χ1v) is 5.18. The van der Waals surface area contributed by atoms with Gasteiger partial charge in [0.05, 0.1) is 12.2 Å². The third-order valence-electron chi connectivity index (χ3n) is 1.97. The van der Waals surface area contributed by atoms with E-state index in [4.69, 9.17) is 4.74 Å². The van der Waals surface area contributed by atoms with Gasteiger partial charge in [0, 0.05) is 12.1 Å². The van der Waals surface area contributed by atoms with Crippen molar-refractivity contribution in [2.45, 2.75) is 25.9 Å². The fourth-order valence-electron chi connectivity index (χ4n) is 1.07. The first-order chi connectivity index (χ1) is 7.47. The Morgan fingerprint density at radius 3 is 2.56 bits per heavy atom. The Hall–Kier alpha value is -1.55. The van der Waals surface area contributed by atoms with Gasteiger partial charge < -0.3 is 9.84 Å². The van der Waals surface area contributed by atoms with Crippen molar-refractivity contribution in [3.05, 3.63) is 30.3 Å². The van der Waals surface area contributed by atoms with E-state index in [1.165, 1.54) is 0 Å². The molecular formula is C12H17NO3. The molecule has 4 nitrogen and oxygen atoms in total. The second kappa shape index (κ2) is 5.51. The molecule has 2 N–H and O–H groups in total. The van der Waals surface area contributed by atoms with Crippen LogP contribution in [0.15, 0.2) is 30.3 Å². The fraction of sp³-hybridized carbons (Fsp3) is 0.417. The van der Waals surface area contributed by atoms with Gasteiger partial charge in [-0.3, -0.25) is 5.32 Å². The second-order valence-corrected chi connectivity index (χ2v) is 4.19. The SMILES string of the molecule is CC(C)(O)CCOC(=O)Nc1ccccc1. The third kappa shape index (κ3) is 5.36. The number of hydrogen-bond donors (Lipinski definition) is 2. The number of rotatable bonds is 4. The summed E-state index contributed by atoms with van der Waals surface area (Å²) in [6.45, 7) is 3.54. The monoisotopic (exact) mass is 223 g/mol. The van der Waals surface area contributed by atoms with E-state index in [2.05, 4.69) is 5.32 Å². The predicted octanol–water partition coefficient (Wildman–Crippen LogP) is 2.40. The molecule has 88 valence electrons. The molecule has 0 unspecified atom stereocenters. The van der Waals surface area contributed by atoms with Gasteiger partial charge in [-0.2, -0.15) is 0 Å². The molecule has 0 saturated carbocycles. The van der Waals surface area contributed by atoms with E-state index in [-0.39, 0.29) is 6.61 Å². The van der Waals surface area contributed by atoms with Crippen LogP contribution in [0.4, 0.5) is 10.5 Å². The maximum Gasteiger partial charge on any atom is 0.411 e. The number of carbonyl (C=O) groups excluding carboxylic acids is 1. The van der Waals surface area contributed by atoms with E-state index in [0.29, 0.717) is 12.1 Å². The van der Waals surface area contributed by atoms with Crippen molar-refractivity contribution in [1.82, 2.24) is 0 Å². The molecular weight excluding hydrogens is 206 g/mol. The van der Waals surface area contributed by atoms with Crippen LogP contribution in [0, 0.1) is 0 Å². The summed E-state index contributed by atoms with van der Waals surface area (Å²) in [5, 5.41) is 12.0. The molecule has 0 spiro atoms. The lowest BCUT2D eigenvalue weighted by Gasteiger charge is -2.16. The number of anilines is 1. The number of nitrogens with one attached hydrogen (secondary N) is 1. The van der Waals surface area contributed by atoms with Gasteiger partial charge in [-0.15, -0.1) is 0 Å². The summed E-state index contributed by atoms with van der Waals surface area (Å²) >= 11 is 0. The van der Waals surface area contributed by atoms with E-state index in [9.17, 15) is 9.90 Å². The molecule has 1 aromatic carbocycles.